The molecule has 2 aromatic heterocycles. The standard InChI is InChI=1S/C22H25FN4O/c1-13-19(12-18-14(2)26-27(3)21(18)24-13)22(28)25-20(15-6-4-5-7-15)16-8-10-17(23)11-9-16/h8-12,15,20H,4-7H2,1-3H3,(H,25,28). The summed E-state index contributed by atoms with van der Waals surface area (Å²) in [6.45, 7) is 3.76. The molecule has 1 aromatic carbocycles. The van der Waals surface area contributed by atoms with Crippen molar-refractivity contribution in [3.8, 4) is 0 Å². The highest BCUT2D eigenvalue weighted by Crippen LogP contribution is 2.36. The molecule has 1 N–H and O–H groups in total. The molecule has 1 atom stereocenters. The molecular weight excluding hydrogens is 355 g/mol. The highest BCUT2D eigenvalue weighted by molar-refractivity contribution is 5.98. The largest absolute Gasteiger partial charge is 0.345 e. The summed E-state index contributed by atoms with van der Waals surface area (Å²) in [5.74, 6) is -0.0410. The van der Waals surface area contributed by atoms with Crippen LogP contribution in [0, 0.1) is 25.6 Å². The molecule has 2 heterocycles. The van der Waals surface area contributed by atoms with E-state index in [2.05, 4.69) is 15.4 Å². The van der Waals surface area contributed by atoms with Crippen LogP contribution in [-0.2, 0) is 7.05 Å². The predicted octanol–water partition coefficient (Wildman–Crippen LogP) is 4.39. The molecule has 1 aliphatic rings. The van der Waals surface area contributed by atoms with Crippen LogP contribution in [0.25, 0.3) is 11.0 Å². The average molecular weight is 380 g/mol. The number of carbonyl (C=O) groups excluding carboxylic acids is 1. The Labute approximate surface area is 164 Å². The third-order valence-corrected chi connectivity index (χ3v) is 5.82. The highest BCUT2D eigenvalue weighted by Gasteiger charge is 2.29. The van der Waals surface area contributed by atoms with E-state index in [1.165, 1.54) is 25.0 Å². The lowest BCUT2D eigenvalue weighted by Gasteiger charge is -2.25. The molecule has 1 aliphatic carbocycles. The minimum absolute atomic E-state index is 0.124. The molecule has 0 aliphatic heterocycles. The van der Waals surface area contributed by atoms with Gasteiger partial charge in [-0.15, -0.1) is 0 Å². The molecule has 1 fully saturated rings. The van der Waals surface area contributed by atoms with Crippen LogP contribution in [0.1, 0.15) is 59.0 Å². The SMILES string of the molecule is Cc1nc2c(cc1C(=O)NC(c1ccc(F)cc1)C1CCCC1)c(C)nn2C. The van der Waals surface area contributed by atoms with E-state index in [0.717, 1.165) is 35.1 Å². The van der Waals surface area contributed by atoms with Crippen LogP contribution in [0.3, 0.4) is 0 Å². The van der Waals surface area contributed by atoms with Crippen LogP contribution in [0.5, 0.6) is 0 Å². The minimum atomic E-state index is -0.266. The fourth-order valence-corrected chi connectivity index (χ4v) is 4.31. The molecule has 3 aromatic rings. The summed E-state index contributed by atoms with van der Waals surface area (Å²) in [4.78, 5) is 17.8. The van der Waals surface area contributed by atoms with Gasteiger partial charge in [0.25, 0.3) is 5.91 Å². The van der Waals surface area contributed by atoms with Crippen LogP contribution in [0.2, 0.25) is 0 Å². The van der Waals surface area contributed by atoms with Crippen molar-refractivity contribution >= 4 is 16.9 Å². The maximum absolute atomic E-state index is 13.4. The molecule has 146 valence electrons. The fraction of sp³-hybridized carbons (Fsp3) is 0.409. The summed E-state index contributed by atoms with van der Waals surface area (Å²) < 4.78 is 15.1. The van der Waals surface area contributed by atoms with Crippen LogP contribution in [-0.4, -0.2) is 20.7 Å². The topological polar surface area (TPSA) is 59.8 Å². The Morgan fingerprint density at radius 1 is 1.18 bits per heavy atom. The lowest BCUT2D eigenvalue weighted by atomic mass is 9.91. The maximum atomic E-state index is 13.4. The van der Waals surface area contributed by atoms with Crippen molar-refractivity contribution in [1.82, 2.24) is 20.1 Å². The van der Waals surface area contributed by atoms with E-state index < -0.39 is 0 Å². The number of nitrogens with one attached hydrogen (secondary N) is 1. The first-order chi connectivity index (χ1) is 13.4. The Morgan fingerprint density at radius 2 is 1.86 bits per heavy atom. The second-order valence-corrected chi connectivity index (χ2v) is 7.75. The van der Waals surface area contributed by atoms with E-state index in [1.54, 1.807) is 16.8 Å². The number of hydrogen-bond acceptors (Lipinski definition) is 3. The van der Waals surface area contributed by atoms with Gasteiger partial charge in [-0.25, -0.2) is 9.37 Å². The van der Waals surface area contributed by atoms with Gasteiger partial charge in [0.1, 0.15) is 5.82 Å². The Balaban J connectivity index is 1.67. The number of fused-ring (bicyclic) bond motifs is 1. The summed E-state index contributed by atoms with van der Waals surface area (Å²) in [7, 11) is 1.85. The number of aryl methyl sites for hydroxylation is 3. The van der Waals surface area contributed by atoms with Gasteiger partial charge < -0.3 is 5.32 Å². The van der Waals surface area contributed by atoms with Gasteiger partial charge in [-0.1, -0.05) is 25.0 Å². The first-order valence-corrected chi connectivity index (χ1v) is 9.81. The predicted molar refractivity (Wildman–Crippen MR) is 107 cm³/mol. The number of aromatic nitrogens is 3. The van der Waals surface area contributed by atoms with Gasteiger partial charge in [-0.3, -0.25) is 9.48 Å². The van der Waals surface area contributed by atoms with E-state index in [9.17, 15) is 9.18 Å². The van der Waals surface area contributed by atoms with Gasteiger partial charge in [0.05, 0.1) is 23.0 Å². The van der Waals surface area contributed by atoms with Gasteiger partial charge in [-0.05, 0) is 56.4 Å². The molecule has 28 heavy (non-hydrogen) atoms. The third-order valence-electron chi connectivity index (χ3n) is 5.82. The molecule has 1 amide bonds. The monoisotopic (exact) mass is 380 g/mol. The molecule has 5 nitrogen and oxygen atoms in total. The molecule has 1 unspecified atom stereocenters. The lowest BCUT2D eigenvalue weighted by molar-refractivity contribution is 0.0921. The highest BCUT2D eigenvalue weighted by atomic mass is 19.1. The lowest BCUT2D eigenvalue weighted by Crippen LogP contribution is -2.33. The Morgan fingerprint density at radius 3 is 2.54 bits per heavy atom. The van der Waals surface area contributed by atoms with Crippen LogP contribution in [0.15, 0.2) is 30.3 Å². The molecule has 0 radical (unpaired) electrons. The smallest absolute Gasteiger partial charge is 0.253 e. The van der Waals surface area contributed by atoms with Gasteiger partial charge in [0.15, 0.2) is 5.65 Å². The second-order valence-electron chi connectivity index (χ2n) is 7.75. The molecule has 0 spiro atoms. The third kappa shape index (κ3) is 3.39. The van der Waals surface area contributed by atoms with E-state index in [1.807, 2.05) is 27.0 Å². The number of rotatable bonds is 4. The summed E-state index contributed by atoms with van der Waals surface area (Å²) >= 11 is 0. The maximum Gasteiger partial charge on any atom is 0.253 e. The van der Waals surface area contributed by atoms with Gasteiger partial charge in [0, 0.05) is 12.4 Å². The zero-order chi connectivity index (χ0) is 19.8. The number of carbonyl (C=O) groups is 1. The van der Waals surface area contributed by atoms with E-state index in [-0.39, 0.29) is 17.8 Å². The van der Waals surface area contributed by atoms with Crippen molar-refractivity contribution in [2.45, 2.75) is 45.6 Å². The van der Waals surface area contributed by atoms with Crippen LogP contribution >= 0.6 is 0 Å². The van der Waals surface area contributed by atoms with E-state index in [4.69, 9.17) is 0 Å². The first kappa shape index (κ1) is 18.6. The van der Waals surface area contributed by atoms with Gasteiger partial charge >= 0.3 is 0 Å². The second kappa shape index (κ2) is 7.34. The summed E-state index contributed by atoms with van der Waals surface area (Å²) in [6.07, 6.45) is 4.47. The van der Waals surface area contributed by atoms with Gasteiger partial charge in [-0.2, -0.15) is 5.10 Å². The normalized spacial score (nSPS) is 15.9. The number of pyridine rings is 1. The fourth-order valence-electron chi connectivity index (χ4n) is 4.31. The molecular formula is C22H25FN4O. The Kier molecular flexibility index (Phi) is 4.87. The van der Waals surface area contributed by atoms with Crippen molar-refractivity contribution in [3.63, 3.8) is 0 Å². The van der Waals surface area contributed by atoms with Crippen LogP contribution in [0.4, 0.5) is 4.39 Å². The Bertz CT molecular complexity index is 1020. The minimum Gasteiger partial charge on any atom is -0.345 e. The van der Waals surface area contributed by atoms with Gasteiger partial charge in [0.2, 0.25) is 0 Å². The van der Waals surface area contributed by atoms with E-state index >= 15 is 0 Å². The number of halogens is 1. The Hall–Kier alpha value is -2.76. The number of hydrogen-bond donors (Lipinski definition) is 1. The zero-order valence-corrected chi connectivity index (χ0v) is 16.5. The van der Waals surface area contributed by atoms with Crippen LogP contribution < -0.4 is 5.32 Å². The molecule has 1 saturated carbocycles. The molecule has 0 bridgehead atoms. The number of amides is 1. The van der Waals surface area contributed by atoms with Crippen molar-refractivity contribution in [1.29, 1.82) is 0 Å². The van der Waals surface area contributed by atoms with Crippen molar-refractivity contribution in [3.05, 3.63) is 58.7 Å². The van der Waals surface area contributed by atoms with Crippen molar-refractivity contribution in [2.75, 3.05) is 0 Å². The first-order valence-electron chi connectivity index (χ1n) is 9.81. The molecule has 6 heteroatoms. The summed E-state index contributed by atoms with van der Waals surface area (Å²) in [6, 6.07) is 8.23. The van der Waals surface area contributed by atoms with E-state index in [0.29, 0.717) is 17.2 Å². The van der Waals surface area contributed by atoms with Crippen molar-refractivity contribution < 1.29 is 9.18 Å². The quantitative estimate of drug-likeness (QED) is 0.730. The number of nitrogens with zero attached hydrogens (tertiary/aromatic N) is 3. The molecule has 0 saturated heterocycles. The van der Waals surface area contributed by atoms with Crippen molar-refractivity contribution in [2.24, 2.45) is 13.0 Å². The molecule has 4 rings (SSSR count). The average Bonchev–Trinajstić information content (AvgIpc) is 3.29. The summed E-state index contributed by atoms with van der Waals surface area (Å²) in [5, 5.41) is 8.50. The zero-order valence-electron chi connectivity index (χ0n) is 16.5. The number of benzene rings is 1. The summed E-state index contributed by atoms with van der Waals surface area (Å²) in [5.41, 5.74) is 3.82.